The van der Waals surface area contributed by atoms with Crippen LogP contribution < -0.4 is 0 Å². The topological polar surface area (TPSA) is 77.8 Å². The Balaban J connectivity index is 4.19. The van der Waals surface area contributed by atoms with Gasteiger partial charge in [-0.3, -0.25) is 4.57 Å². The summed E-state index contributed by atoms with van der Waals surface area (Å²) in [6.07, 6.45) is 9.16. The number of hydrogen-bond acceptors (Lipinski definition) is 2. The van der Waals surface area contributed by atoms with Crippen LogP contribution in [-0.2, 0) is 4.57 Å². The van der Waals surface area contributed by atoms with Crippen LogP contribution in [0.2, 0.25) is 0 Å². The molecule has 0 fully saturated rings. The first-order chi connectivity index (χ1) is 9.12. The SMILES string of the molecule is CC(C)=CCC/C(C)=C/CC/C(C)=C\[C@@H](O)P(=O)(O)O. The molecule has 5 heteroatoms. The molecule has 0 aromatic heterocycles. The van der Waals surface area contributed by atoms with Gasteiger partial charge in [-0.25, -0.2) is 0 Å². The summed E-state index contributed by atoms with van der Waals surface area (Å²) in [6.45, 7) is 8.02. The lowest BCUT2D eigenvalue weighted by Gasteiger charge is -2.09. The minimum Gasteiger partial charge on any atom is -0.377 e. The average molecular weight is 302 g/mol. The van der Waals surface area contributed by atoms with E-state index in [1.165, 1.54) is 17.2 Å². The average Bonchev–Trinajstić information content (AvgIpc) is 2.26. The predicted molar refractivity (Wildman–Crippen MR) is 83.5 cm³/mol. The maximum Gasteiger partial charge on any atom is 0.357 e. The van der Waals surface area contributed by atoms with Crippen molar-refractivity contribution in [3.63, 3.8) is 0 Å². The Bertz CT molecular complexity index is 425. The second kappa shape index (κ2) is 9.30. The van der Waals surface area contributed by atoms with Gasteiger partial charge < -0.3 is 14.9 Å². The second-order valence-corrected chi connectivity index (χ2v) is 7.13. The maximum absolute atomic E-state index is 10.8. The standard InChI is InChI=1S/C15H27O4P/c1-12(2)7-5-8-13(3)9-6-10-14(4)11-15(16)20(17,18)19/h7,9,11,15-16H,5-6,8,10H2,1-4H3,(H2,17,18,19)/b13-9+,14-11-/t15-/m0/s1. The molecule has 0 heterocycles. The van der Waals surface area contributed by atoms with Gasteiger partial charge in [0, 0.05) is 0 Å². The van der Waals surface area contributed by atoms with Crippen LogP contribution in [0.1, 0.15) is 53.4 Å². The molecule has 3 N–H and O–H groups in total. The quantitative estimate of drug-likeness (QED) is 0.469. The maximum atomic E-state index is 10.8. The van der Waals surface area contributed by atoms with E-state index in [0.717, 1.165) is 24.8 Å². The van der Waals surface area contributed by atoms with Crippen molar-refractivity contribution in [2.24, 2.45) is 0 Å². The third-order valence-corrected chi connectivity index (χ3v) is 3.74. The van der Waals surface area contributed by atoms with E-state index in [9.17, 15) is 9.67 Å². The van der Waals surface area contributed by atoms with Crippen molar-refractivity contribution in [3.05, 3.63) is 34.9 Å². The Morgan fingerprint density at radius 3 is 2.00 bits per heavy atom. The van der Waals surface area contributed by atoms with Gasteiger partial charge >= 0.3 is 7.60 Å². The van der Waals surface area contributed by atoms with Gasteiger partial charge in [0.15, 0.2) is 5.85 Å². The lowest BCUT2D eigenvalue weighted by Crippen LogP contribution is -2.03. The molecule has 0 bridgehead atoms. The lowest BCUT2D eigenvalue weighted by molar-refractivity contribution is 0.237. The van der Waals surface area contributed by atoms with Gasteiger partial charge in [0.25, 0.3) is 0 Å². The fourth-order valence-corrected chi connectivity index (χ4v) is 2.12. The van der Waals surface area contributed by atoms with Gasteiger partial charge in [0.05, 0.1) is 0 Å². The summed E-state index contributed by atoms with van der Waals surface area (Å²) in [7, 11) is -4.43. The number of aliphatic hydroxyl groups is 1. The molecule has 0 rings (SSSR count). The van der Waals surface area contributed by atoms with E-state index in [-0.39, 0.29) is 0 Å². The zero-order valence-electron chi connectivity index (χ0n) is 12.8. The highest BCUT2D eigenvalue weighted by Gasteiger charge is 2.23. The minimum atomic E-state index is -4.43. The molecular formula is C15H27O4P. The molecule has 0 aliphatic carbocycles. The molecular weight excluding hydrogens is 275 g/mol. The Morgan fingerprint density at radius 1 is 1.00 bits per heavy atom. The van der Waals surface area contributed by atoms with Crippen LogP contribution in [0.25, 0.3) is 0 Å². The molecule has 116 valence electrons. The number of hydrogen-bond donors (Lipinski definition) is 3. The fraction of sp³-hybridized carbons (Fsp3) is 0.600. The third-order valence-electron chi connectivity index (χ3n) is 2.90. The molecule has 0 aliphatic heterocycles. The van der Waals surface area contributed by atoms with Gasteiger partial charge in [-0.15, -0.1) is 0 Å². The van der Waals surface area contributed by atoms with Gasteiger partial charge in [0.2, 0.25) is 0 Å². The summed E-state index contributed by atoms with van der Waals surface area (Å²) in [5.41, 5.74) is 3.42. The zero-order valence-corrected chi connectivity index (χ0v) is 13.7. The minimum absolute atomic E-state index is 0.692. The predicted octanol–water partition coefficient (Wildman–Crippen LogP) is 3.90. The molecule has 1 atom stereocenters. The smallest absolute Gasteiger partial charge is 0.357 e. The van der Waals surface area contributed by atoms with Crippen LogP contribution in [0.15, 0.2) is 34.9 Å². The summed E-state index contributed by atoms with van der Waals surface area (Å²) in [5, 5.41) is 9.27. The molecule has 0 radical (unpaired) electrons. The molecule has 0 aliphatic rings. The highest BCUT2D eigenvalue weighted by atomic mass is 31.2. The van der Waals surface area contributed by atoms with Gasteiger partial charge in [-0.2, -0.15) is 0 Å². The first kappa shape index (κ1) is 19.3. The van der Waals surface area contributed by atoms with E-state index >= 15 is 0 Å². The summed E-state index contributed by atoms with van der Waals surface area (Å²) in [5.74, 6) is -1.69. The van der Waals surface area contributed by atoms with Crippen LogP contribution in [0.4, 0.5) is 0 Å². The molecule has 20 heavy (non-hydrogen) atoms. The molecule has 0 aromatic carbocycles. The van der Waals surface area contributed by atoms with Crippen LogP contribution in [0.3, 0.4) is 0 Å². The molecule has 0 saturated carbocycles. The Labute approximate surface area is 122 Å². The van der Waals surface area contributed by atoms with Crippen LogP contribution >= 0.6 is 7.60 Å². The first-order valence-corrected chi connectivity index (χ1v) is 8.50. The summed E-state index contributed by atoms with van der Waals surface area (Å²) >= 11 is 0. The monoisotopic (exact) mass is 302 g/mol. The van der Waals surface area contributed by atoms with Crippen LogP contribution in [0.5, 0.6) is 0 Å². The largest absolute Gasteiger partial charge is 0.377 e. The Hall–Kier alpha value is -0.670. The molecule has 0 spiro atoms. The Morgan fingerprint density at radius 2 is 1.50 bits per heavy atom. The van der Waals surface area contributed by atoms with Crippen molar-refractivity contribution < 1.29 is 19.5 Å². The molecule has 0 unspecified atom stereocenters. The zero-order chi connectivity index (χ0) is 15.8. The number of rotatable bonds is 8. The van der Waals surface area contributed by atoms with Crippen LogP contribution in [-0.4, -0.2) is 20.7 Å². The van der Waals surface area contributed by atoms with Crippen molar-refractivity contribution >= 4 is 7.60 Å². The van der Waals surface area contributed by atoms with Crippen molar-refractivity contribution in [2.45, 2.75) is 59.2 Å². The summed E-state index contributed by atoms with van der Waals surface area (Å²) < 4.78 is 10.8. The summed E-state index contributed by atoms with van der Waals surface area (Å²) in [6, 6.07) is 0. The van der Waals surface area contributed by atoms with Crippen LogP contribution in [0, 0.1) is 0 Å². The normalized spacial score (nSPS) is 15.2. The van der Waals surface area contributed by atoms with E-state index in [1.54, 1.807) is 6.92 Å². The summed E-state index contributed by atoms with van der Waals surface area (Å²) in [4.78, 5) is 17.6. The van der Waals surface area contributed by atoms with Crippen molar-refractivity contribution in [1.29, 1.82) is 0 Å². The number of allylic oxidation sites excluding steroid dienone is 5. The van der Waals surface area contributed by atoms with Crippen molar-refractivity contribution in [2.75, 3.05) is 0 Å². The molecule has 0 aromatic rings. The van der Waals surface area contributed by atoms with E-state index in [0.29, 0.717) is 6.42 Å². The first-order valence-electron chi connectivity index (χ1n) is 6.82. The van der Waals surface area contributed by atoms with E-state index in [1.807, 2.05) is 0 Å². The third kappa shape index (κ3) is 10.2. The Kier molecular flexibility index (Phi) is 8.99. The van der Waals surface area contributed by atoms with Crippen molar-refractivity contribution in [3.8, 4) is 0 Å². The van der Waals surface area contributed by atoms with Crippen molar-refractivity contribution in [1.82, 2.24) is 0 Å². The van der Waals surface area contributed by atoms with E-state index in [2.05, 4.69) is 32.9 Å². The van der Waals surface area contributed by atoms with Gasteiger partial charge in [0.1, 0.15) is 0 Å². The second-order valence-electron chi connectivity index (χ2n) is 5.43. The lowest BCUT2D eigenvalue weighted by atomic mass is 10.1. The molecule has 0 amide bonds. The van der Waals surface area contributed by atoms with E-state index in [4.69, 9.17) is 9.79 Å². The van der Waals surface area contributed by atoms with Gasteiger partial charge in [-0.1, -0.05) is 28.9 Å². The fourth-order valence-electron chi connectivity index (χ4n) is 1.67. The highest BCUT2D eigenvalue weighted by Crippen LogP contribution is 2.40. The van der Waals surface area contributed by atoms with Gasteiger partial charge in [-0.05, 0) is 59.5 Å². The number of aliphatic hydroxyl groups excluding tert-OH is 1. The van der Waals surface area contributed by atoms with E-state index < -0.39 is 13.4 Å². The molecule has 0 saturated heterocycles. The highest BCUT2D eigenvalue weighted by molar-refractivity contribution is 7.52. The molecule has 4 nitrogen and oxygen atoms in total.